The van der Waals surface area contributed by atoms with Crippen LogP contribution in [0.25, 0.3) is 135 Å². The molecule has 20 aromatic rings. The Morgan fingerprint density at radius 2 is 0.409 bits per heavy atom. The molecule has 132 heavy (non-hydrogen) atoms. The maximum atomic E-state index is 4.65. The van der Waals surface area contributed by atoms with Gasteiger partial charge in [-0.2, -0.15) is 0 Å². The molecule has 0 bridgehead atoms. The van der Waals surface area contributed by atoms with E-state index in [1.165, 1.54) is 44.5 Å². The molecular weight excluding hydrogens is 2320 g/mol. The summed E-state index contributed by atoms with van der Waals surface area (Å²) in [4.78, 5) is 35.5. The monoisotopic (exact) mass is 2420 g/mol. The maximum absolute atomic E-state index is 4.65. The van der Waals surface area contributed by atoms with Gasteiger partial charge in [-0.3, -0.25) is 0 Å². The van der Waals surface area contributed by atoms with Gasteiger partial charge in [-0.25, -0.2) is 0 Å². The molecule has 8 heterocycles. The van der Waals surface area contributed by atoms with E-state index in [4.69, 9.17) is 0 Å². The van der Waals surface area contributed by atoms with Crippen LogP contribution in [-0.2, 0) is 86.8 Å². The minimum atomic E-state index is 0. The number of aryl methyl sites for hydroxylation is 4. The standard InChI is InChI=1S/2C18H14N.2C17H12N.C15H16N.2C12H10N.C11H8N.4Ir/c2*1-14-7-5-12-18(19-14)17-11-6-10-16(13-17)15-8-3-2-4-9-15;2*1-2-7-14(8-3-1)15-9-6-10-16(13-15)17-11-4-5-12-18-17;1-12(2)11-14-9-6-10-15(16-14)13-7-4-3-5-8-13;2*1-10-6-5-9-12(13-10)11-7-3-2-4-8-11;1-2-6-10(7-3-1)11-8-4-5-9-12-11;;;;/h2*2-10,12-13H,1H3;2*1-9,11-13H;3-7,9-10,12H,11H2,1-2H3;2*2-7,9H,1H3;1-6,8-9H;;;;/q8*-1;;;;. The molecule has 660 valence electrons. The molecule has 0 saturated heterocycles. The van der Waals surface area contributed by atoms with Gasteiger partial charge in [-0.15, -0.1) is 285 Å². The normalized spacial score (nSPS) is 9.90. The van der Waals surface area contributed by atoms with Crippen LogP contribution >= 0.6 is 0 Å². The number of nitrogens with zero attached hydrogens (tertiary/aromatic N) is 8. The van der Waals surface area contributed by atoms with E-state index in [0.717, 1.165) is 125 Å². The number of benzene rings is 12. The fourth-order valence-electron chi connectivity index (χ4n) is 13.4. The predicted octanol–water partition coefficient (Wildman–Crippen LogP) is 29.5. The SMILES string of the molecule is CC(C)Cc1cccc(-c2[c-]cccc2)n1.Cc1cccc(-c2[c-]ccc(-c3ccccc3)c2)n1.Cc1cccc(-c2[c-]ccc(-c3ccccc3)c2)n1.Cc1cccc(-c2[c-]cccc2)n1.Cc1cccc(-c2[c-]cccc2)n1.[Ir].[Ir].[Ir].[Ir].[c-]1ccc(-c2ccccc2)cc1-c1ccccn1.[c-]1ccc(-c2ccccc2)cc1-c1ccccn1.[c-]1ccccc1-c1ccccn1. The van der Waals surface area contributed by atoms with Crippen molar-refractivity contribution in [2.75, 3.05) is 0 Å². The van der Waals surface area contributed by atoms with E-state index >= 15 is 0 Å². The van der Waals surface area contributed by atoms with Crippen LogP contribution in [0.3, 0.4) is 0 Å². The third-order valence-electron chi connectivity index (χ3n) is 19.7. The minimum Gasteiger partial charge on any atom is -0.305 e. The fraction of sp³-hybridized carbons (Fsp3) is 0.0667. The molecule has 0 unspecified atom stereocenters. The molecule has 0 N–H and O–H groups in total. The van der Waals surface area contributed by atoms with Gasteiger partial charge in [0.1, 0.15) is 0 Å². The van der Waals surface area contributed by atoms with Gasteiger partial charge >= 0.3 is 0 Å². The quantitative estimate of drug-likeness (QED) is 0.0992. The van der Waals surface area contributed by atoms with Gasteiger partial charge in [-0.05, 0) is 156 Å². The second-order valence-corrected chi connectivity index (χ2v) is 29.9. The first kappa shape index (κ1) is 102. The summed E-state index contributed by atoms with van der Waals surface area (Å²) in [5.74, 6) is 0.641. The van der Waals surface area contributed by atoms with Crippen molar-refractivity contribution in [2.45, 2.75) is 48.0 Å². The van der Waals surface area contributed by atoms with Crippen LogP contribution in [0.1, 0.15) is 42.3 Å². The Hall–Kier alpha value is -13.6. The van der Waals surface area contributed by atoms with E-state index in [1.54, 1.807) is 18.6 Å². The summed E-state index contributed by atoms with van der Waals surface area (Å²) in [7, 11) is 0. The molecule has 0 aliphatic heterocycles. The summed E-state index contributed by atoms with van der Waals surface area (Å²) in [6, 6.07) is 171. The van der Waals surface area contributed by atoms with E-state index in [1.807, 2.05) is 331 Å². The Morgan fingerprint density at radius 1 is 0.189 bits per heavy atom. The average Bonchev–Trinajstić information content (AvgIpc) is 0.876. The van der Waals surface area contributed by atoms with Crippen molar-refractivity contribution in [3.8, 4) is 135 Å². The van der Waals surface area contributed by atoms with Crippen LogP contribution in [-0.4, -0.2) is 39.9 Å². The van der Waals surface area contributed by atoms with Crippen molar-refractivity contribution in [3.05, 3.63) is 532 Å². The van der Waals surface area contributed by atoms with E-state index in [0.29, 0.717) is 5.92 Å². The van der Waals surface area contributed by atoms with Crippen LogP contribution in [0.5, 0.6) is 0 Å². The summed E-state index contributed by atoms with van der Waals surface area (Å²) < 4.78 is 0. The summed E-state index contributed by atoms with van der Waals surface area (Å²) in [6.07, 6.45) is 6.42. The topological polar surface area (TPSA) is 103 Å². The second-order valence-electron chi connectivity index (χ2n) is 29.9. The van der Waals surface area contributed by atoms with Gasteiger partial charge in [0.15, 0.2) is 0 Å². The van der Waals surface area contributed by atoms with E-state index in [-0.39, 0.29) is 80.4 Å². The van der Waals surface area contributed by atoms with Crippen molar-refractivity contribution >= 4 is 0 Å². The molecule has 8 nitrogen and oxygen atoms in total. The molecule has 0 atom stereocenters. The molecule has 0 spiro atoms. The van der Waals surface area contributed by atoms with Crippen LogP contribution in [0.4, 0.5) is 0 Å². The van der Waals surface area contributed by atoms with Crippen molar-refractivity contribution in [1.82, 2.24) is 39.9 Å². The molecule has 0 fully saturated rings. The van der Waals surface area contributed by atoms with Crippen LogP contribution < -0.4 is 0 Å². The number of aromatic nitrogens is 8. The van der Waals surface area contributed by atoms with Gasteiger partial charge in [0.25, 0.3) is 0 Å². The van der Waals surface area contributed by atoms with Crippen LogP contribution in [0.15, 0.2) is 455 Å². The molecule has 4 radical (unpaired) electrons. The summed E-state index contributed by atoms with van der Waals surface area (Å²) >= 11 is 0. The van der Waals surface area contributed by atoms with Gasteiger partial charge in [0.2, 0.25) is 0 Å². The van der Waals surface area contributed by atoms with E-state index < -0.39 is 0 Å². The molecule has 20 rings (SSSR count). The predicted molar refractivity (Wildman–Crippen MR) is 527 cm³/mol. The molecule has 12 heteroatoms. The molecular formula is C120H96Ir4N8-8. The fourth-order valence-corrected chi connectivity index (χ4v) is 13.4. The van der Waals surface area contributed by atoms with Gasteiger partial charge < -0.3 is 39.9 Å². The van der Waals surface area contributed by atoms with Crippen molar-refractivity contribution < 1.29 is 80.4 Å². The Kier molecular flexibility index (Phi) is 43.4. The first-order valence-electron chi connectivity index (χ1n) is 42.6. The summed E-state index contributed by atoms with van der Waals surface area (Å²) in [6.45, 7) is 12.4. The summed E-state index contributed by atoms with van der Waals surface area (Å²) in [5, 5.41) is 0. The largest absolute Gasteiger partial charge is 0.305 e. The zero-order valence-electron chi connectivity index (χ0n) is 74.0. The number of hydrogen-bond donors (Lipinski definition) is 0. The number of hydrogen-bond acceptors (Lipinski definition) is 8. The van der Waals surface area contributed by atoms with E-state index in [2.05, 4.69) is 236 Å². The smallest absolute Gasteiger partial charge is 0.0299 e. The van der Waals surface area contributed by atoms with E-state index in [9.17, 15) is 0 Å². The third-order valence-corrected chi connectivity index (χ3v) is 19.7. The Labute approximate surface area is 833 Å². The summed E-state index contributed by atoms with van der Waals surface area (Å²) in [5.41, 5.74) is 31.0. The van der Waals surface area contributed by atoms with Crippen molar-refractivity contribution in [1.29, 1.82) is 0 Å². The Balaban J connectivity index is 0.000000170. The molecule has 8 aromatic heterocycles. The van der Waals surface area contributed by atoms with Crippen molar-refractivity contribution in [2.24, 2.45) is 5.92 Å². The molecule has 0 amide bonds. The molecule has 0 aliphatic rings. The van der Waals surface area contributed by atoms with Crippen molar-refractivity contribution in [3.63, 3.8) is 0 Å². The molecule has 12 aromatic carbocycles. The Morgan fingerprint density at radius 3 is 0.659 bits per heavy atom. The van der Waals surface area contributed by atoms with Crippen LogP contribution in [0.2, 0.25) is 0 Å². The second kappa shape index (κ2) is 56.1. The van der Waals surface area contributed by atoms with Gasteiger partial charge in [0.05, 0.1) is 0 Å². The van der Waals surface area contributed by atoms with Gasteiger partial charge in [-0.1, -0.05) is 232 Å². The molecule has 0 aliphatic carbocycles. The number of pyridine rings is 8. The zero-order valence-corrected chi connectivity index (χ0v) is 83.6. The van der Waals surface area contributed by atoms with Gasteiger partial charge in [0, 0.05) is 127 Å². The maximum Gasteiger partial charge on any atom is 0.0299 e. The first-order valence-corrected chi connectivity index (χ1v) is 42.6. The minimum absolute atomic E-state index is 0. The molecule has 0 saturated carbocycles. The zero-order chi connectivity index (χ0) is 88.4. The number of rotatable bonds is 14. The third kappa shape index (κ3) is 33.1. The first-order chi connectivity index (χ1) is 63.0. The average molecular weight is 2420 g/mol. The van der Waals surface area contributed by atoms with Crippen LogP contribution in [0, 0.1) is 82.1 Å². The Bertz CT molecular complexity index is 6170.